The molecule has 0 saturated heterocycles. The fourth-order valence-electron chi connectivity index (χ4n) is 8.29. The van der Waals surface area contributed by atoms with Crippen molar-refractivity contribution in [2.45, 2.75) is 90.7 Å². The van der Waals surface area contributed by atoms with Crippen molar-refractivity contribution in [3.8, 4) is 0 Å². The summed E-state index contributed by atoms with van der Waals surface area (Å²) in [5.74, 6) is 3.11. The average Bonchev–Trinajstić information content (AvgIpc) is 3.39. The Morgan fingerprint density at radius 1 is 1.12 bits per heavy atom. The first-order chi connectivity index (χ1) is 16.3. The molecular formula is C27H45N5O2. The maximum absolute atomic E-state index is 10.7. The smallest absolute Gasteiger partial charge is 0.136 e. The van der Waals surface area contributed by atoms with Crippen LogP contribution in [-0.4, -0.2) is 64.1 Å². The first-order valence-electron chi connectivity index (χ1n) is 13.7. The van der Waals surface area contributed by atoms with Crippen LogP contribution in [-0.2, 0) is 17.8 Å². The van der Waals surface area contributed by atoms with Gasteiger partial charge >= 0.3 is 0 Å². The third-order valence-corrected chi connectivity index (χ3v) is 10.5. The predicted octanol–water partition coefficient (Wildman–Crippen LogP) is 4.16. The van der Waals surface area contributed by atoms with Crippen LogP contribution in [0.5, 0.6) is 0 Å². The van der Waals surface area contributed by atoms with Gasteiger partial charge in [0.05, 0.1) is 24.1 Å². The summed E-state index contributed by atoms with van der Waals surface area (Å²) >= 11 is 0. The van der Waals surface area contributed by atoms with Crippen LogP contribution < -0.4 is 0 Å². The van der Waals surface area contributed by atoms with Crippen LogP contribution in [0, 0.1) is 34.5 Å². The lowest BCUT2D eigenvalue weighted by Crippen LogP contribution is -2.54. The van der Waals surface area contributed by atoms with Gasteiger partial charge in [-0.15, -0.1) is 5.10 Å². The van der Waals surface area contributed by atoms with E-state index in [4.69, 9.17) is 4.84 Å². The number of likely N-dealkylation sites (N-methyl/N-ethyl adjacent to an activating group) is 1. The van der Waals surface area contributed by atoms with Crippen molar-refractivity contribution in [1.29, 1.82) is 0 Å². The van der Waals surface area contributed by atoms with Gasteiger partial charge in [0, 0.05) is 19.2 Å². The molecule has 7 atom stereocenters. The molecule has 0 aromatic carbocycles. The van der Waals surface area contributed by atoms with E-state index in [1.807, 2.05) is 10.9 Å². The minimum Gasteiger partial charge on any atom is -0.394 e. The van der Waals surface area contributed by atoms with Gasteiger partial charge in [-0.1, -0.05) is 24.2 Å². The van der Waals surface area contributed by atoms with Gasteiger partial charge in [0.15, 0.2) is 0 Å². The minimum atomic E-state index is -0.0756. The molecule has 0 spiro atoms. The van der Waals surface area contributed by atoms with Gasteiger partial charge in [-0.25, -0.2) is 4.68 Å². The summed E-state index contributed by atoms with van der Waals surface area (Å²) in [5.41, 5.74) is 2.89. The topological polar surface area (TPSA) is 75.8 Å². The Morgan fingerprint density at radius 2 is 1.94 bits per heavy atom. The van der Waals surface area contributed by atoms with Gasteiger partial charge in [0.25, 0.3) is 0 Å². The van der Waals surface area contributed by atoms with Crippen LogP contribution >= 0.6 is 0 Å². The van der Waals surface area contributed by atoms with E-state index >= 15 is 0 Å². The lowest BCUT2D eigenvalue weighted by atomic mass is 9.45. The Bertz CT molecular complexity index is 884. The predicted molar refractivity (Wildman–Crippen MR) is 133 cm³/mol. The van der Waals surface area contributed by atoms with Crippen molar-refractivity contribution in [1.82, 2.24) is 19.9 Å². The largest absolute Gasteiger partial charge is 0.394 e. The van der Waals surface area contributed by atoms with Gasteiger partial charge in [-0.3, -0.25) is 0 Å². The molecule has 7 heteroatoms. The molecule has 0 bridgehead atoms. The van der Waals surface area contributed by atoms with Gasteiger partial charge in [-0.05, 0) is 106 Å². The van der Waals surface area contributed by atoms with Crippen molar-refractivity contribution < 1.29 is 9.94 Å². The van der Waals surface area contributed by atoms with Gasteiger partial charge in [-0.2, -0.15) is 0 Å². The molecule has 4 fully saturated rings. The molecule has 190 valence electrons. The molecule has 4 aliphatic rings. The summed E-state index contributed by atoms with van der Waals surface area (Å²) in [5, 5.41) is 23.7. The highest BCUT2D eigenvalue weighted by Crippen LogP contribution is 2.65. The molecule has 1 N–H and O–H groups in total. The molecule has 1 aromatic rings. The highest BCUT2D eigenvalue weighted by atomic mass is 16.6. The second-order valence-corrected chi connectivity index (χ2v) is 12.5. The third kappa shape index (κ3) is 4.43. The van der Waals surface area contributed by atoms with Gasteiger partial charge < -0.3 is 14.8 Å². The van der Waals surface area contributed by atoms with Crippen molar-refractivity contribution >= 4 is 5.71 Å². The summed E-state index contributed by atoms with van der Waals surface area (Å²) < 4.78 is 1.86. The Labute approximate surface area is 205 Å². The number of fused-ring (bicyclic) bond motifs is 5. The highest BCUT2D eigenvalue weighted by Gasteiger charge is 2.59. The summed E-state index contributed by atoms with van der Waals surface area (Å²) in [6.45, 7) is 7.16. The maximum Gasteiger partial charge on any atom is 0.136 e. The average molecular weight is 472 g/mol. The summed E-state index contributed by atoms with van der Waals surface area (Å²) in [6, 6.07) is 0. The number of hydrogen-bond donors (Lipinski definition) is 1. The Hall–Kier alpha value is -1.47. The van der Waals surface area contributed by atoms with Crippen molar-refractivity contribution in [3.63, 3.8) is 0 Å². The first kappa shape index (κ1) is 24.2. The molecule has 5 rings (SSSR count). The number of aromatic nitrogens is 3. The summed E-state index contributed by atoms with van der Waals surface area (Å²) in [4.78, 5) is 7.91. The molecule has 34 heavy (non-hydrogen) atoms. The number of aliphatic hydroxyl groups is 1. The number of nitrogens with zero attached hydrogens (tertiary/aromatic N) is 5. The van der Waals surface area contributed by atoms with E-state index in [0.29, 0.717) is 18.6 Å². The second-order valence-electron chi connectivity index (χ2n) is 12.5. The Balaban J connectivity index is 1.13. The fraction of sp³-hybridized carbons (Fsp3) is 0.889. The zero-order valence-corrected chi connectivity index (χ0v) is 21.7. The number of rotatable bonds is 7. The van der Waals surface area contributed by atoms with Crippen molar-refractivity contribution in [2.24, 2.45) is 39.7 Å². The molecule has 4 saturated carbocycles. The standard InChI is InChI=1S/C27H45N5O2/c1-26-12-9-20(29-34-16-15-32-18-21(28-30-32)11-14-31(3)4)17-19(26)5-6-22-23-7-8-25(33)27(23,2)13-10-24(22)26/h18-19,22-25,33H,5-17H2,1-4H3/b29-20-/t19?,22?,23?,24?,25-,26-,27-/m0/s1. The molecule has 1 heterocycles. The number of aliphatic hydroxyl groups excluding tert-OH is 1. The normalized spacial score (nSPS) is 40.8. The van der Waals surface area contributed by atoms with E-state index < -0.39 is 0 Å². The van der Waals surface area contributed by atoms with Crippen LogP contribution in [0.25, 0.3) is 0 Å². The monoisotopic (exact) mass is 471 g/mol. The molecule has 0 radical (unpaired) electrons. The SMILES string of the molecule is CN(C)CCc1cn(CCO/N=C2/CC[C@@]3(C)C(CCC4C3CC[C@@]3(C)C4CC[C@@H]3O)C2)nn1. The van der Waals surface area contributed by atoms with Gasteiger partial charge in [0.2, 0.25) is 0 Å². The second kappa shape index (κ2) is 9.53. The van der Waals surface area contributed by atoms with Crippen LogP contribution in [0.15, 0.2) is 11.4 Å². The van der Waals surface area contributed by atoms with Crippen molar-refractivity contribution in [2.75, 3.05) is 27.2 Å². The number of oxime groups is 1. The third-order valence-electron chi connectivity index (χ3n) is 10.5. The minimum absolute atomic E-state index is 0.0756. The zero-order chi connectivity index (χ0) is 23.9. The molecule has 4 unspecified atom stereocenters. The van der Waals surface area contributed by atoms with E-state index in [-0.39, 0.29) is 11.5 Å². The van der Waals surface area contributed by atoms with Gasteiger partial charge in [0.1, 0.15) is 6.61 Å². The van der Waals surface area contributed by atoms with Crippen LogP contribution in [0.4, 0.5) is 0 Å². The molecule has 1 aromatic heterocycles. The maximum atomic E-state index is 10.7. The lowest BCUT2D eigenvalue weighted by molar-refractivity contribution is -0.112. The Morgan fingerprint density at radius 3 is 2.76 bits per heavy atom. The Kier molecular flexibility index (Phi) is 6.79. The van der Waals surface area contributed by atoms with E-state index in [2.05, 4.69) is 48.3 Å². The molecule has 4 aliphatic carbocycles. The van der Waals surface area contributed by atoms with Crippen LogP contribution in [0.3, 0.4) is 0 Å². The zero-order valence-electron chi connectivity index (χ0n) is 21.7. The van der Waals surface area contributed by atoms with Crippen molar-refractivity contribution in [3.05, 3.63) is 11.9 Å². The van der Waals surface area contributed by atoms with Crippen LogP contribution in [0.1, 0.15) is 77.3 Å². The highest BCUT2D eigenvalue weighted by molar-refractivity contribution is 5.85. The van der Waals surface area contributed by atoms with E-state index in [0.717, 1.165) is 61.6 Å². The summed E-state index contributed by atoms with van der Waals surface area (Å²) in [7, 11) is 4.14. The van der Waals surface area contributed by atoms with Crippen LogP contribution in [0.2, 0.25) is 0 Å². The summed E-state index contributed by atoms with van der Waals surface area (Å²) in [6.07, 6.45) is 13.7. The molecule has 7 nitrogen and oxygen atoms in total. The van der Waals surface area contributed by atoms with E-state index in [1.54, 1.807) is 0 Å². The molecule has 0 aliphatic heterocycles. The lowest BCUT2D eigenvalue weighted by Gasteiger charge is -2.60. The van der Waals surface area contributed by atoms with E-state index in [9.17, 15) is 5.11 Å². The van der Waals surface area contributed by atoms with E-state index in [1.165, 1.54) is 44.2 Å². The first-order valence-corrected chi connectivity index (χ1v) is 13.7. The molecular weight excluding hydrogens is 426 g/mol. The number of hydrogen-bond acceptors (Lipinski definition) is 6. The fourth-order valence-corrected chi connectivity index (χ4v) is 8.29. The quantitative estimate of drug-likeness (QED) is 0.477. The molecule has 0 amide bonds.